The lowest BCUT2D eigenvalue weighted by Gasteiger charge is -2.10. The van der Waals surface area contributed by atoms with Gasteiger partial charge in [0.2, 0.25) is 5.89 Å². The van der Waals surface area contributed by atoms with Gasteiger partial charge in [-0.1, -0.05) is 18.2 Å². The van der Waals surface area contributed by atoms with Crippen molar-refractivity contribution < 1.29 is 13.9 Å². The second kappa shape index (κ2) is 7.32. The van der Waals surface area contributed by atoms with Crippen LogP contribution in [0, 0.1) is 5.92 Å². The Kier molecular flexibility index (Phi) is 4.53. The lowest BCUT2D eigenvalue weighted by atomic mass is 10.2. The molecule has 0 spiro atoms. The molecule has 0 radical (unpaired) electrons. The van der Waals surface area contributed by atoms with Gasteiger partial charge in [0, 0.05) is 10.5 Å². The number of hydrogen-bond acceptors (Lipinski definition) is 4. The molecule has 5 heteroatoms. The molecule has 1 aliphatic rings. The van der Waals surface area contributed by atoms with Crippen molar-refractivity contribution in [3.8, 4) is 28.7 Å². The van der Waals surface area contributed by atoms with E-state index in [1.807, 2.05) is 66.7 Å². The highest BCUT2D eigenvalue weighted by Crippen LogP contribution is 2.35. The van der Waals surface area contributed by atoms with Crippen molar-refractivity contribution in [2.75, 3.05) is 6.61 Å². The first-order valence-corrected chi connectivity index (χ1v) is 10.1. The van der Waals surface area contributed by atoms with Crippen molar-refractivity contribution in [1.29, 1.82) is 0 Å². The molecule has 5 rings (SSSR count). The summed E-state index contributed by atoms with van der Waals surface area (Å²) in [5.41, 5.74) is 2.49. The van der Waals surface area contributed by atoms with Crippen LogP contribution >= 0.6 is 15.9 Å². The van der Waals surface area contributed by atoms with Crippen LogP contribution < -0.4 is 9.47 Å². The Bertz CT molecular complexity index is 1100. The Morgan fingerprint density at radius 2 is 1.75 bits per heavy atom. The van der Waals surface area contributed by atoms with Crippen molar-refractivity contribution in [1.82, 2.24) is 4.98 Å². The van der Waals surface area contributed by atoms with Crippen LogP contribution in [0.5, 0.6) is 17.2 Å². The lowest BCUT2D eigenvalue weighted by molar-refractivity contribution is 0.298. The topological polar surface area (TPSA) is 44.5 Å². The van der Waals surface area contributed by atoms with Crippen LogP contribution in [-0.2, 0) is 0 Å². The van der Waals surface area contributed by atoms with E-state index < -0.39 is 0 Å². The van der Waals surface area contributed by atoms with Gasteiger partial charge in [0.25, 0.3) is 0 Å². The summed E-state index contributed by atoms with van der Waals surface area (Å²) in [7, 11) is 0. The standard InChI is InChI=1S/C23H18BrNO3/c24-20-13-18(27-17-5-3-4-16(12-17)26-14-15-8-9-15)10-11-19(20)23-25-21-6-1-2-7-22(21)28-23/h1-7,10-13,15H,8-9,14H2. The number of benzene rings is 3. The number of aromatic nitrogens is 1. The number of para-hydroxylation sites is 2. The van der Waals surface area contributed by atoms with Gasteiger partial charge < -0.3 is 13.9 Å². The summed E-state index contributed by atoms with van der Waals surface area (Å²) < 4.78 is 18.6. The number of nitrogens with zero attached hydrogens (tertiary/aromatic N) is 1. The third kappa shape index (κ3) is 3.76. The molecule has 0 aliphatic heterocycles. The van der Waals surface area contributed by atoms with Gasteiger partial charge >= 0.3 is 0 Å². The van der Waals surface area contributed by atoms with Crippen molar-refractivity contribution in [2.45, 2.75) is 12.8 Å². The first kappa shape index (κ1) is 17.3. The molecule has 1 heterocycles. The van der Waals surface area contributed by atoms with Crippen LogP contribution in [0.1, 0.15) is 12.8 Å². The van der Waals surface area contributed by atoms with E-state index in [0.717, 1.165) is 50.9 Å². The smallest absolute Gasteiger partial charge is 0.228 e. The van der Waals surface area contributed by atoms with Crippen LogP contribution in [0.2, 0.25) is 0 Å². The quantitative estimate of drug-likeness (QED) is 0.332. The average molecular weight is 436 g/mol. The third-order valence-electron chi connectivity index (χ3n) is 4.69. The predicted molar refractivity (Wildman–Crippen MR) is 112 cm³/mol. The minimum absolute atomic E-state index is 0.579. The Morgan fingerprint density at radius 3 is 2.57 bits per heavy atom. The number of rotatable bonds is 6. The summed E-state index contributed by atoms with van der Waals surface area (Å²) in [5, 5.41) is 0. The number of halogens is 1. The first-order valence-electron chi connectivity index (χ1n) is 9.31. The van der Waals surface area contributed by atoms with E-state index in [9.17, 15) is 0 Å². The molecule has 1 aromatic heterocycles. The number of fused-ring (bicyclic) bond motifs is 1. The Morgan fingerprint density at radius 1 is 0.929 bits per heavy atom. The van der Waals surface area contributed by atoms with Crippen LogP contribution in [0.15, 0.2) is 75.6 Å². The number of ether oxygens (including phenoxy) is 2. The van der Waals surface area contributed by atoms with Crippen LogP contribution in [0.25, 0.3) is 22.6 Å². The monoisotopic (exact) mass is 435 g/mol. The molecular formula is C23H18BrNO3. The van der Waals surface area contributed by atoms with Crippen molar-refractivity contribution >= 4 is 27.0 Å². The fraction of sp³-hybridized carbons (Fsp3) is 0.174. The molecular weight excluding hydrogens is 418 g/mol. The molecule has 1 saturated carbocycles. The van der Waals surface area contributed by atoms with Crippen molar-refractivity contribution in [3.63, 3.8) is 0 Å². The molecule has 0 saturated heterocycles. The molecule has 0 atom stereocenters. The van der Waals surface area contributed by atoms with Crippen molar-refractivity contribution in [3.05, 3.63) is 71.2 Å². The number of hydrogen-bond donors (Lipinski definition) is 0. The van der Waals surface area contributed by atoms with Gasteiger partial charge in [-0.2, -0.15) is 0 Å². The summed E-state index contributed by atoms with van der Waals surface area (Å²) in [6.07, 6.45) is 2.55. The van der Waals surface area contributed by atoms with E-state index in [-0.39, 0.29) is 0 Å². The van der Waals surface area contributed by atoms with Gasteiger partial charge in [-0.15, -0.1) is 0 Å². The summed E-state index contributed by atoms with van der Waals surface area (Å²) >= 11 is 3.61. The minimum atomic E-state index is 0.579. The van der Waals surface area contributed by atoms with Gasteiger partial charge in [0.05, 0.1) is 12.2 Å². The zero-order valence-electron chi connectivity index (χ0n) is 15.1. The SMILES string of the molecule is Brc1cc(Oc2cccc(OCC3CC3)c2)ccc1-c1nc2ccccc2o1. The van der Waals surface area contributed by atoms with Crippen molar-refractivity contribution in [2.24, 2.45) is 5.92 Å². The molecule has 140 valence electrons. The molecule has 1 aliphatic carbocycles. The molecule has 0 bridgehead atoms. The fourth-order valence-corrected chi connectivity index (χ4v) is 3.51. The second-order valence-electron chi connectivity index (χ2n) is 6.96. The second-order valence-corrected chi connectivity index (χ2v) is 7.81. The molecule has 4 nitrogen and oxygen atoms in total. The van der Waals surface area contributed by atoms with E-state index >= 15 is 0 Å². The lowest BCUT2D eigenvalue weighted by Crippen LogP contribution is -1.98. The first-order chi connectivity index (χ1) is 13.7. The molecule has 0 N–H and O–H groups in total. The normalized spacial score (nSPS) is 13.6. The van der Waals surface area contributed by atoms with Gasteiger partial charge in [-0.25, -0.2) is 4.98 Å². The molecule has 0 unspecified atom stereocenters. The molecule has 1 fully saturated rings. The summed E-state index contributed by atoms with van der Waals surface area (Å²) in [4.78, 5) is 4.55. The highest BCUT2D eigenvalue weighted by Gasteiger charge is 2.22. The van der Waals surface area contributed by atoms with E-state index in [1.165, 1.54) is 12.8 Å². The van der Waals surface area contributed by atoms with E-state index in [0.29, 0.717) is 5.89 Å². The Balaban J connectivity index is 1.35. The molecule has 4 aromatic rings. The highest BCUT2D eigenvalue weighted by atomic mass is 79.9. The third-order valence-corrected chi connectivity index (χ3v) is 5.34. The van der Waals surface area contributed by atoms with Gasteiger partial charge in [-0.05, 0) is 77.2 Å². The van der Waals surface area contributed by atoms with Crippen LogP contribution in [0.3, 0.4) is 0 Å². The molecule has 3 aromatic carbocycles. The predicted octanol–water partition coefficient (Wildman–Crippen LogP) is 6.84. The zero-order valence-corrected chi connectivity index (χ0v) is 16.7. The minimum Gasteiger partial charge on any atom is -0.493 e. The summed E-state index contributed by atoms with van der Waals surface area (Å²) in [6, 6.07) is 21.3. The average Bonchev–Trinajstić information content (AvgIpc) is 3.43. The zero-order chi connectivity index (χ0) is 18.9. The Hall–Kier alpha value is -2.79. The maximum atomic E-state index is 6.01. The van der Waals surface area contributed by atoms with E-state index in [1.54, 1.807) is 0 Å². The number of oxazole rings is 1. The Labute approximate surface area is 171 Å². The highest BCUT2D eigenvalue weighted by molar-refractivity contribution is 9.10. The molecule has 28 heavy (non-hydrogen) atoms. The van der Waals surface area contributed by atoms with E-state index in [2.05, 4.69) is 20.9 Å². The molecule has 0 amide bonds. The van der Waals surface area contributed by atoms with Gasteiger partial charge in [0.1, 0.15) is 22.8 Å². The largest absolute Gasteiger partial charge is 0.493 e. The van der Waals surface area contributed by atoms with E-state index in [4.69, 9.17) is 13.9 Å². The van der Waals surface area contributed by atoms with Crippen LogP contribution in [-0.4, -0.2) is 11.6 Å². The van der Waals surface area contributed by atoms with Crippen LogP contribution in [0.4, 0.5) is 0 Å². The summed E-state index contributed by atoms with van der Waals surface area (Å²) in [5.74, 6) is 3.61. The van der Waals surface area contributed by atoms with Gasteiger partial charge in [-0.3, -0.25) is 0 Å². The van der Waals surface area contributed by atoms with Gasteiger partial charge in [0.15, 0.2) is 5.58 Å². The maximum absolute atomic E-state index is 6.01. The fourth-order valence-electron chi connectivity index (χ4n) is 2.98. The maximum Gasteiger partial charge on any atom is 0.228 e. The summed E-state index contributed by atoms with van der Waals surface area (Å²) in [6.45, 7) is 0.786.